The van der Waals surface area contributed by atoms with Crippen molar-refractivity contribution >= 4 is 0 Å². The van der Waals surface area contributed by atoms with Crippen molar-refractivity contribution < 1.29 is 8.78 Å². The second-order valence-corrected chi connectivity index (χ2v) is 5.36. The number of benzene rings is 2. The molecular formula is C18H21F2N. The first-order valence-electron chi connectivity index (χ1n) is 7.26. The van der Waals surface area contributed by atoms with Crippen LogP contribution in [-0.2, 0) is 12.8 Å². The molecule has 0 saturated heterocycles. The highest BCUT2D eigenvalue weighted by atomic mass is 19.1. The molecule has 21 heavy (non-hydrogen) atoms. The Bertz CT molecular complexity index is 575. The standard InChI is InChI=1S/C18H21F2N/c1-13-6-3-4-7-14(13)10-11-15(21-2)12-16-17(19)8-5-9-18(16)20/h3-9,15,21H,10-12H2,1-2H3. The van der Waals surface area contributed by atoms with Crippen molar-refractivity contribution in [3.05, 3.63) is 70.8 Å². The van der Waals surface area contributed by atoms with E-state index in [4.69, 9.17) is 0 Å². The Morgan fingerprint density at radius 1 is 1.00 bits per heavy atom. The van der Waals surface area contributed by atoms with E-state index >= 15 is 0 Å². The van der Waals surface area contributed by atoms with Gasteiger partial charge in [0.1, 0.15) is 11.6 Å². The summed E-state index contributed by atoms with van der Waals surface area (Å²) in [5.41, 5.74) is 2.71. The van der Waals surface area contributed by atoms with E-state index in [9.17, 15) is 8.78 Å². The molecule has 112 valence electrons. The van der Waals surface area contributed by atoms with Gasteiger partial charge in [0.15, 0.2) is 0 Å². The summed E-state index contributed by atoms with van der Waals surface area (Å²) in [5, 5.41) is 3.16. The van der Waals surface area contributed by atoms with Gasteiger partial charge in [-0.15, -0.1) is 0 Å². The van der Waals surface area contributed by atoms with Crippen LogP contribution < -0.4 is 5.32 Å². The molecule has 0 aliphatic heterocycles. The quantitative estimate of drug-likeness (QED) is 0.846. The molecule has 0 aliphatic carbocycles. The summed E-state index contributed by atoms with van der Waals surface area (Å²) in [4.78, 5) is 0. The van der Waals surface area contributed by atoms with E-state index in [0.29, 0.717) is 6.42 Å². The lowest BCUT2D eigenvalue weighted by atomic mass is 9.96. The minimum atomic E-state index is -0.467. The van der Waals surface area contributed by atoms with Crippen LogP contribution in [0, 0.1) is 18.6 Å². The largest absolute Gasteiger partial charge is 0.317 e. The van der Waals surface area contributed by atoms with Gasteiger partial charge in [-0.2, -0.15) is 0 Å². The summed E-state index contributed by atoms with van der Waals surface area (Å²) >= 11 is 0. The fourth-order valence-corrected chi connectivity index (χ4v) is 2.54. The second kappa shape index (κ2) is 7.32. The highest BCUT2D eigenvalue weighted by Gasteiger charge is 2.14. The molecule has 2 rings (SSSR count). The molecule has 1 N–H and O–H groups in total. The molecule has 1 unspecified atom stereocenters. The fraction of sp³-hybridized carbons (Fsp3) is 0.333. The van der Waals surface area contributed by atoms with Gasteiger partial charge in [-0.1, -0.05) is 30.3 Å². The van der Waals surface area contributed by atoms with Crippen LogP contribution in [-0.4, -0.2) is 13.1 Å². The normalized spacial score (nSPS) is 12.4. The SMILES string of the molecule is CNC(CCc1ccccc1C)Cc1c(F)cccc1F. The first kappa shape index (κ1) is 15.6. The lowest BCUT2D eigenvalue weighted by Gasteiger charge is -2.17. The molecule has 0 spiro atoms. The van der Waals surface area contributed by atoms with Gasteiger partial charge in [-0.25, -0.2) is 8.78 Å². The molecule has 2 aromatic carbocycles. The number of hydrogen-bond donors (Lipinski definition) is 1. The molecule has 0 heterocycles. The van der Waals surface area contributed by atoms with Gasteiger partial charge in [0.2, 0.25) is 0 Å². The Hall–Kier alpha value is -1.74. The van der Waals surface area contributed by atoms with Crippen LogP contribution >= 0.6 is 0 Å². The number of aryl methyl sites for hydroxylation is 2. The molecular weight excluding hydrogens is 268 g/mol. The molecule has 1 atom stereocenters. The molecule has 0 radical (unpaired) electrons. The zero-order chi connectivity index (χ0) is 15.2. The number of hydrogen-bond acceptors (Lipinski definition) is 1. The fourth-order valence-electron chi connectivity index (χ4n) is 2.54. The van der Waals surface area contributed by atoms with E-state index in [1.165, 1.54) is 29.3 Å². The summed E-state index contributed by atoms with van der Waals surface area (Å²) in [5.74, 6) is -0.933. The monoisotopic (exact) mass is 289 g/mol. The van der Waals surface area contributed by atoms with Crippen LogP contribution in [0.3, 0.4) is 0 Å². The van der Waals surface area contributed by atoms with Gasteiger partial charge >= 0.3 is 0 Å². The van der Waals surface area contributed by atoms with Gasteiger partial charge in [0, 0.05) is 11.6 Å². The van der Waals surface area contributed by atoms with Gasteiger partial charge in [-0.3, -0.25) is 0 Å². The molecule has 0 fully saturated rings. The van der Waals surface area contributed by atoms with E-state index in [-0.39, 0.29) is 11.6 Å². The topological polar surface area (TPSA) is 12.0 Å². The van der Waals surface area contributed by atoms with Crippen molar-refractivity contribution in [1.29, 1.82) is 0 Å². The Morgan fingerprint density at radius 2 is 1.67 bits per heavy atom. The minimum absolute atomic E-state index is 0.0519. The zero-order valence-corrected chi connectivity index (χ0v) is 12.5. The van der Waals surface area contributed by atoms with Gasteiger partial charge in [-0.05, 0) is 56.5 Å². The highest BCUT2D eigenvalue weighted by molar-refractivity contribution is 5.26. The van der Waals surface area contributed by atoms with E-state index in [2.05, 4.69) is 24.4 Å². The molecule has 0 amide bonds. The van der Waals surface area contributed by atoms with E-state index in [1.807, 2.05) is 19.2 Å². The van der Waals surface area contributed by atoms with Gasteiger partial charge < -0.3 is 5.32 Å². The number of likely N-dealkylation sites (N-methyl/N-ethyl adjacent to an activating group) is 1. The average molecular weight is 289 g/mol. The van der Waals surface area contributed by atoms with Crippen LogP contribution in [0.15, 0.2) is 42.5 Å². The van der Waals surface area contributed by atoms with E-state index in [0.717, 1.165) is 12.8 Å². The molecule has 0 aliphatic rings. The average Bonchev–Trinajstić information content (AvgIpc) is 2.48. The van der Waals surface area contributed by atoms with Crippen molar-refractivity contribution in [2.24, 2.45) is 0 Å². The van der Waals surface area contributed by atoms with E-state index < -0.39 is 11.6 Å². The minimum Gasteiger partial charge on any atom is -0.317 e. The Balaban J connectivity index is 2.02. The summed E-state index contributed by atoms with van der Waals surface area (Å²) in [7, 11) is 1.83. The van der Waals surface area contributed by atoms with Crippen molar-refractivity contribution in [2.75, 3.05) is 7.05 Å². The van der Waals surface area contributed by atoms with Crippen molar-refractivity contribution in [2.45, 2.75) is 32.2 Å². The smallest absolute Gasteiger partial charge is 0.129 e. The molecule has 1 nitrogen and oxygen atoms in total. The van der Waals surface area contributed by atoms with Crippen LogP contribution in [0.2, 0.25) is 0 Å². The zero-order valence-electron chi connectivity index (χ0n) is 12.5. The lowest BCUT2D eigenvalue weighted by molar-refractivity contribution is 0.482. The summed E-state index contributed by atoms with van der Waals surface area (Å²) < 4.78 is 27.4. The van der Waals surface area contributed by atoms with Crippen LogP contribution in [0.4, 0.5) is 8.78 Å². The third-order valence-electron chi connectivity index (χ3n) is 3.94. The first-order chi connectivity index (χ1) is 10.1. The lowest BCUT2D eigenvalue weighted by Crippen LogP contribution is -2.29. The third kappa shape index (κ3) is 4.11. The predicted octanol–water partition coefficient (Wildman–Crippen LogP) is 4.04. The highest BCUT2D eigenvalue weighted by Crippen LogP contribution is 2.17. The van der Waals surface area contributed by atoms with E-state index in [1.54, 1.807) is 0 Å². The van der Waals surface area contributed by atoms with Crippen LogP contribution in [0.5, 0.6) is 0 Å². The maximum atomic E-state index is 13.7. The van der Waals surface area contributed by atoms with Crippen molar-refractivity contribution in [3.63, 3.8) is 0 Å². The molecule has 0 saturated carbocycles. The molecule has 2 aromatic rings. The molecule has 3 heteroatoms. The number of halogens is 2. The first-order valence-corrected chi connectivity index (χ1v) is 7.26. The number of nitrogens with one attached hydrogen (secondary N) is 1. The Kier molecular flexibility index (Phi) is 5.45. The van der Waals surface area contributed by atoms with Gasteiger partial charge in [0.25, 0.3) is 0 Å². The Morgan fingerprint density at radius 3 is 2.29 bits per heavy atom. The summed E-state index contributed by atoms with van der Waals surface area (Å²) in [6, 6.07) is 12.3. The van der Waals surface area contributed by atoms with Crippen LogP contribution in [0.25, 0.3) is 0 Å². The number of rotatable bonds is 6. The van der Waals surface area contributed by atoms with Crippen molar-refractivity contribution in [3.8, 4) is 0 Å². The van der Waals surface area contributed by atoms with Crippen LogP contribution in [0.1, 0.15) is 23.1 Å². The maximum Gasteiger partial charge on any atom is 0.129 e. The second-order valence-electron chi connectivity index (χ2n) is 5.36. The maximum absolute atomic E-state index is 13.7. The van der Waals surface area contributed by atoms with Crippen molar-refractivity contribution in [1.82, 2.24) is 5.32 Å². The molecule has 0 bridgehead atoms. The Labute approximate surface area is 125 Å². The molecule has 0 aromatic heterocycles. The third-order valence-corrected chi connectivity index (χ3v) is 3.94. The van der Waals surface area contributed by atoms with Gasteiger partial charge in [0.05, 0.1) is 0 Å². The summed E-state index contributed by atoms with van der Waals surface area (Å²) in [6.07, 6.45) is 2.10. The summed E-state index contributed by atoms with van der Waals surface area (Å²) in [6.45, 7) is 2.08. The predicted molar refractivity (Wildman–Crippen MR) is 82.4 cm³/mol.